The predicted octanol–water partition coefficient (Wildman–Crippen LogP) is 2.09. The molecular weight excluding hydrogens is 268 g/mol. The Balaban J connectivity index is 2.07. The highest BCUT2D eigenvalue weighted by Crippen LogP contribution is 2.11. The van der Waals surface area contributed by atoms with E-state index in [-0.39, 0.29) is 11.3 Å². The number of nitrogens with zero attached hydrogens (tertiary/aromatic N) is 4. The van der Waals surface area contributed by atoms with Gasteiger partial charge in [-0.25, -0.2) is 0 Å². The van der Waals surface area contributed by atoms with E-state index in [2.05, 4.69) is 15.3 Å². The SMILES string of the molecule is Cc1nnc(-c2ccccc2)c(=O)n1/N=C\c1ccco1. The first kappa shape index (κ1) is 13.0. The molecule has 0 radical (unpaired) electrons. The summed E-state index contributed by atoms with van der Waals surface area (Å²) in [5.74, 6) is 0.960. The Morgan fingerprint density at radius 2 is 1.95 bits per heavy atom. The van der Waals surface area contributed by atoms with Crippen LogP contribution < -0.4 is 5.56 Å². The standard InChI is InChI=1S/C15H12N4O2/c1-11-17-18-14(12-6-3-2-4-7-12)15(20)19(11)16-10-13-8-5-9-21-13/h2-10H,1H3/b16-10-. The summed E-state index contributed by atoms with van der Waals surface area (Å²) in [4.78, 5) is 12.5. The predicted molar refractivity (Wildman–Crippen MR) is 78.2 cm³/mol. The van der Waals surface area contributed by atoms with E-state index in [0.29, 0.717) is 17.1 Å². The van der Waals surface area contributed by atoms with E-state index in [1.165, 1.54) is 17.2 Å². The van der Waals surface area contributed by atoms with Crippen molar-refractivity contribution in [3.8, 4) is 11.3 Å². The van der Waals surface area contributed by atoms with Crippen LogP contribution in [0.25, 0.3) is 11.3 Å². The number of furan rings is 1. The number of rotatable bonds is 3. The van der Waals surface area contributed by atoms with Crippen molar-refractivity contribution in [3.05, 3.63) is 70.7 Å². The zero-order valence-corrected chi connectivity index (χ0v) is 11.3. The molecule has 3 aromatic rings. The van der Waals surface area contributed by atoms with Crippen LogP contribution in [0.15, 0.2) is 63.0 Å². The van der Waals surface area contributed by atoms with Gasteiger partial charge in [0, 0.05) is 5.56 Å². The third-order valence-corrected chi connectivity index (χ3v) is 2.89. The van der Waals surface area contributed by atoms with Gasteiger partial charge in [0.25, 0.3) is 0 Å². The number of benzene rings is 1. The van der Waals surface area contributed by atoms with Gasteiger partial charge >= 0.3 is 5.56 Å². The van der Waals surface area contributed by atoms with Gasteiger partial charge in [-0.05, 0) is 19.1 Å². The zero-order valence-electron chi connectivity index (χ0n) is 11.3. The molecule has 1 aromatic carbocycles. The molecule has 0 bridgehead atoms. The Bertz CT molecular complexity index is 821. The second-order valence-electron chi connectivity index (χ2n) is 4.34. The van der Waals surface area contributed by atoms with E-state index in [9.17, 15) is 4.79 Å². The van der Waals surface area contributed by atoms with Gasteiger partial charge in [-0.3, -0.25) is 4.79 Å². The minimum Gasteiger partial charge on any atom is -0.463 e. The number of hydrogen-bond acceptors (Lipinski definition) is 5. The lowest BCUT2D eigenvalue weighted by atomic mass is 10.2. The fourth-order valence-electron chi connectivity index (χ4n) is 1.85. The normalized spacial score (nSPS) is 11.1. The largest absolute Gasteiger partial charge is 0.463 e. The third kappa shape index (κ3) is 2.64. The van der Waals surface area contributed by atoms with Crippen LogP contribution in [0, 0.1) is 6.92 Å². The van der Waals surface area contributed by atoms with Crippen LogP contribution in [0.1, 0.15) is 11.6 Å². The average molecular weight is 280 g/mol. The highest BCUT2D eigenvalue weighted by atomic mass is 16.3. The van der Waals surface area contributed by atoms with Crippen molar-refractivity contribution in [2.24, 2.45) is 5.10 Å². The molecule has 6 nitrogen and oxygen atoms in total. The Kier molecular flexibility index (Phi) is 3.42. The molecule has 0 saturated heterocycles. The third-order valence-electron chi connectivity index (χ3n) is 2.89. The van der Waals surface area contributed by atoms with Gasteiger partial charge in [-0.2, -0.15) is 9.78 Å². The van der Waals surface area contributed by atoms with Gasteiger partial charge in [0.05, 0.1) is 12.5 Å². The molecule has 0 atom stereocenters. The molecule has 0 amide bonds. The maximum absolute atomic E-state index is 12.5. The van der Waals surface area contributed by atoms with Crippen molar-refractivity contribution in [2.45, 2.75) is 6.92 Å². The summed E-state index contributed by atoms with van der Waals surface area (Å²) in [5, 5.41) is 12.1. The van der Waals surface area contributed by atoms with Crippen LogP contribution in [0.2, 0.25) is 0 Å². The Morgan fingerprint density at radius 1 is 1.14 bits per heavy atom. The van der Waals surface area contributed by atoms with Crippen molar-refractivity contribution < 1.29 is 4.42 Å². The molecule has 0 N–H and O–H groups in total. The maximum Gasteiger partial charge on any atom is 0.301 e. The van der Waals surface area contributed by atoms with E-state index < -0.39 is 0 Å². The molecular formula is C15H12N4O2. The Labute approximate surface area is 120 Å². The molecule has 6 heteroatoms. The molecule has 2 heterocycles. The van der Waals surface area contributed by atoms with Crippen LogP contribution in [-0.2, 0) is 0 Å². The summed E-state index contributed by atoms with van der Waals surface area (Å²) in [5.41, 5.74) is 0.645. The van der Waals surface area contributed by atoms with Crippen LogP contribution in [0.3, 0.4) is 0 Å². The lowest BCUT2D eigenvalue weighted by Crippen LogP contribution is -2.23. The van der Waals surface area contributed by atoms with Gasteiger partial charge in [0.1, 0.15) is 5.76 Å². The highest BCUT2D eigenvalue weighted by molar-refractivity contribution is 5.75. The van der Waals surface area contributed by atoms with Crippen LogP contribution in [-0.4, -0.2) is 21.1 Å². The van der Waals surface area contributed by atoms with Gasteiger partial charge in [-0.1, -0.05) is 30.3 Å². The summed E-state index contributed by atoms with van der Waals surface area (Å²) >= 11 is 0. The molecule has 0 spiro atoms. The second-order valence-corrected chi connectivity index (χ2v) is 4.34. The van der Waals surface area contributed by atoms with Gasteiger partial charge in [0.15, 0.2) is 11.5 Å². The van der Waals surface area contributed by atoms with Gasteiger partial charge < -0.3 is 4.42 Å². The van der Waals surface area contributed by atoms with Crippen LogP contribution in [0.5, 0.6) is 0 Å². The van der Waals surface area contributed by atoms with Gasteiger partial charge in [0.2, 0.25) is 0 Å². The number of hydrogen-bond donors (Lipinski definition) is 0. The van der Waals surface area contributed by atoms with E-state index >= 15 is 0 Å². The molecule has 0 unspecified atom stereocenters. The fraction of sp³-hybridized carbons (Fsp3) is 0.0667. The van der Waals surface area contributed by atoms with E-state index in [0.717, 1.165) is 0 Å². The molecule has 104 valence electrons. The smallest absolute Gasteiger partial charge is 0.301 e. The summed E-state index contributed by atoms with van der Waals surface area (Å²) in [7, 11) is 0. The minimum atomic E-state index is -0.323. The maximum atomic E-state index is 12.5. The number of aryl methyl sites for hydroxylation is 1. The molecule has 3 rings (SSSR count). The van der Waals surface area contributed by atoms with Crippen LogP contribution in [0.4, 0.5) is 0 Å². The second kappa shape index (κ2) is 5.54. The summed E-state index contributed by atoms with van der Waals surface area (Å²) in [6.07, 6.45) is 3.00. The molecule has 0 aliphatic rings. The zero-order chi connectivity index (χ0) is 14.7. The molecule has 0 aliphatic heterocycles. The molecule has 0 fully saturated rings. The van der Waals surface area contributed by atoms with Gasteiger partial charge in [-0.15, -0.1) is 10.2 Å². The van der Waals surface area contributed by atoms with Crippen LogP contribution >= 0.6 is 0 Å². The first-order valence-corrected chi connectivity index (χ1v) is 6.35. The number of aromatic nitrogens is 3. The molecule has 0 aliphatic carbocycles. The fourth-order valence-corrected chi connectivity index (χ4v) is 1.85. The highest BCUT2D eigenvalue weighted by Gasteiger charge is 2.10. The minimum absolute atomic E-state index is 0.262. The molecule has 0 saturated carbocycles. The lowest BCUT2D eigenvalue weighted by Gasteiger charge is -2.04. The summed E-state index contributed by atoms with van der Waals surface area (Å²) in [6.45, 7) is 1.67. The summed E-state index contributed by atoms with van der Waals surface area (Å²) < 4.78 is 6.36. The Hall–Kier alpha value is -3.02. The first-order chi connectivity index (χ1) is 10.3. The van der Waals surface area contributed by atoms with Crippen molar-refractivity contribution in [2.75, 3.05) is 0 Å². The first-order valence-electron chi connectivity index (χ1n) is 6.35. The van der Waals surface area contributed by atoms with E-state index in [1.54, 1.807) is 31.2 Å². The van der Waals surface area contributed by atoms with E-state index in [1.807, 2.05) is 18.2 Å². The van der Waals surface area contributed by atoms with E-state index in [4.69, 9.17) is 4.42 Å². The molecule has 2 aromatic heterocycles. The monoisotopic (exact) mass is 280 g/mol. The quantitative estimate of drug-likeness (QED) is 0.688. The van der Waals surface area contributed by atoms with Crippen molar-refractivity contribution >= 4 is 6.21 Å². The Morgan fingerprint density at radius 3 is 2.67 bits per heavy atom. The average Bonchev–Trinajstić information content (AvgIpc) is 3.01. The van der Waals surface area contributed by atoms with Crippen molar-refractivity contribution in [3.63, 3.8) is 0 Å². The van der Waals surface area contributed by atoms with Crippen molar-refractivity contribution in [1.82, 2.24) is 14.9 Å². The lowest BCUT2D eigenvalue weighted by molar-refractivity contribution is 0.559. The molecule has 21 heavy (non-hydrogen) atoms. The topological polar surface area (TPSA) is 73.3 Å². The van der Waals surface area contributed by atoms with Crippen molar-refractivity contribution in [1.29, 1.82) is 0 Å². The summed E-state index contributed by atoms with van der Waals surface area (Å²) in [6, 6.07) is 12.7.